The number of aromatic amines is 1. The highest BCUT2D eigenvalue weighted by atomic mass is 32.2. The fraction of sp³-hybridized carbons (Fsp3) is 0.125. The molecule has 0 bridgehead atoms. The molecular weight excluding hydrogens is 408 g/mol. The van der Waals surface area contributed by atoms with Crippen molar-refractivity contribution in [2.75, 3.05) is 10.6 Å². The third-order valence-electron chi connectivity index (χ3n) is 4.74. The Kier molecular flexibility index (Phi) is 6.04. The summed E-state index contributed by atoms with van der Waals surface area (Å²) >= 11 is 1.64. The number of nitrogens with one attached hydrogen (secondary N) is 3. The van der Waals surface area contributed by atoms with Gasteiger partial charge in [0.2, 0.25) is 0 Å². The van der Waals surface area contributed by atoms with Crippen molar-refractivity contribution in [1.82, 2.24) is 9.97 Å². The summed E-state index contributed by atoms with van der Waals surface area (Å²) in [5.74, 6) is 0.775. The number of hydrogen-bond donors (Lipinski definition) is 3. The normalized spacial score (nSPS) is 10.8. The SMILES string of the molecule is CC(=O)c1cccc(NC(=O)Nc2ccc3nc(SCc4ccc(C)cc4)[nH]c3c2)c1. The largest absolute Gasteiger partial charge is 0.333 e. The second-order valence-corrected chi connectivity index (χ2v) is 8.23. The van der Waals surface area contributed by atoms with E-state index in [2.05, 4.69) is 51.8 Å². The number of carbonyl (C=O) groups is 2. The Morgan fingerprint density at radius 1 is 0.968 bits per heavy atom. The molecule has 6 nitrogen and oxygen atoms in total. The first kappa shape index (κ1) is 20.7. The highest BCUT2D eigenvalue weighted by Gasteiger charge is 2.08. The van der Waals surface area contributed by atoms with Crippen LogP contribution < -0.4 is 10.6 Å². The molecule has 0 fully saturated rings. The number of imidazole rings is 1. The van der Waals surface area contributed by atoms with Gasteiger partial charge in [-0.1, -0.05) is 53.7 Å². The fourth-order valence-corrected chi connectivity index (χ4v) is 3.92. The average molecular weight is 431 g/mol. The molecule has 156 valence electrons. The number of anilines is 2. The lowest BCUT2D eigenvalue weighted by Crippen LogP contribution is -2.19. The predicted octanol–water partition coefficient (Wildman–Crippen LogP) is 6.01. The number of aromatic nitrogens is 2. The van der Waals surface area contributed by atoms with Crippen LogP contribution >= 0.6 is 11.8 Å². The van der Waals surface area contributed by atoms with Crippen LogP contribution in [0, 0.1) is 6.92 Å². The number of amides is 2. The Labute approximate surface area is 184 Å². The van der Waals surface area contributed by atoms with Gasteiger partial charge in [0.05, 0.1) is 11.0 Å². The summed E-state index contributed by atoms with van der Waals surface area (Å²) in [7, 11) is 0. The van der Waals surface area contributed by atoms with Crippen LogP contribution in [0.15, 0.2) is 71.9 Å². The minimum Gasteiger partial charge on any atom is -0.333 e. The number of urea groups is 1. The van der Waals surface area contributed by atoms with Gasteiger partial charge in [-0.2, -0.15) is 0 Å². The van der Waals surface area contributed by atoms with Gasteiger partial charge in [0.25, 0.3) is 0 Å². The molecule has 2 amide bonds. The summed E-state index contributed by atoms with van der Waals surface area (Å²) in [4.78, 5) is 31.8. The van der Waals surface area contributed by atoms with E-state index >= 15 is 0 Å². The molecule has 1 heterocycles. The highest BCUT2D eigenvalue weighted by molar-refractivity contribution is 7.98. The number of carbonyl (C=O) groups excluding carboxylic acids is 2. The molecule has 0 unspecified atom stereocenters. The number of aryl methyl sites for hydroxylation is 1. The lowest BCUT2D eigenvalue weighted by molar-refractivity contribution is 0.101. The monoisotopic (exact) mass is 430 g/mol. The van der Waals surface area contributed by atoms with Gasteiger partial charge in [-0.15, -0.1) is 0 Å². The van der Waals surface area contributed by atoms with Crippen LogP contribution in [0.5, 0.6) is 0 Å². The van der Waals surface area contributed by atoms with E-state index in [1.807, 2.05) is 18.2 Å². The first-order valence-electron chi connectivity index (χ1n) is 9.83. The van der Waals surface area contributed by atoms with Crippen molar-refractivity contribution < 1.29 is 9.59 Å². The smallest absolute Gasteiger partial charge is 0.323 e. The summed E-state index contributed by atoms with van der Waals surface area (Å²) in [5.41, 5.74) is 5.92. The van der Waals surface area contributed by atoms with E-state index in [0.717, 1.165) is 21.9 Å². The van der Waals surface area contributed by atoms with Crippen molar-refractivity contribution in [3.05, 3.63) is 83.4 Å². The van der Waals surface area contributed by atoms with Crippen molar-refractivity contribution in [2.45, 2.75) is 24.8 Å². The van der Waals surface area contributed by atoms with Crippen molar-refractivity contribution >= 4 is 46.0 Å². The molecule has 4 rings (SSSR count). The van der Waals surface area contributed by atoms with Crippen molar-refractivity contribution in [1.29, 1.82) is 0 Å². The maximum atomic E-state index is 12.4. The number of H-pyrrole nitrogens is 1. The third-order valence-corrected chi connectivity index (χ3v) is 5.69. The summed E-state index contributed by atoms with van der Waals surface area (Å²) in [6.45, 7) is 3.57. The van der Waals surface area contributed by atoms with Crippen molar-refractivity contribution in [2.24, 2.45) is 0 Å². The van der Waals surface area contributed by atoms with Crippen LogP contribution in [0.3, 0.4) is 0 Å². The molecule has 0 aliphatic heterocycles. The Morgan fingerprint density at radius 3 is 2.45 bits per heavy atom. The Balaban J connectivity index is 1.40. The molecule has 0 saturated heterocycles. The molecule has 0 radical (unpaired) electrons. The maximum Gasteiger partial charge on any atom is 0.323 e. The van der Waals surface area contributed by atoms with Crippen LogP contribution in [0.25, 0.3) is 11.0 Å². The maximum absolute atomic E-state index is 12.4. The number of Topliss-reactive ketones (excluding diaryl/α,β-unsaturated/α-hetero) is 1. The first-order valence-corrected chi connectivity index (χ1v) is 10.8. The Hall–Kier alpha value is -3.58. The summed E-state index contributed by atoms with van der Waals surface area (Å²) in [5, 5.41) is 6.39. The van der Waals surface area contributed by atoms with E-state index < -0.39 is 0 Å². The Bertz CT molecular complexity index is 1250. The van der Waals surface area contributed by atoms with Crippen molar-refractivity contribution in [3.63, 3.8) is 0 Å². The topological polar surface area (TPSA) is 86.9 Å². The van der Waals surface area contributed by atoms with Gasteiger partial charge >= 0.3 is 6.03 Å². The van der Waals surface area contributed by atoms with Gasteiger partial charge in [-0.05, 0) is 49.7 Å². The zero-order chi connectivity index (χ0) is 21.8. The molecule has 1 aromatic heterocycles. The standard InChI is InChI=1S/C24H22N4O2S/c1-15-6-8-17(9-7-15)14-31-24-27-21-11-10-20(13-22(21)28-24)26-23(30)25-19-5-3-4-18(12-19)16(2)29/h3-13H,14H2,1-2H3,(H,27,28)(H2,25,26,30). The van der Waals surface area contributed by atoms with Crippen LogP contribution in [-0.2, 0) is 5.75 Å². The number of benzene rings is 3. The van der Waals surface area contributed by atoms with Gasteiger partial charge in [0.1, 0.15) is 0 Å². The van der Waals surface area contributed by atoms with Crippen molar-refractivity contribution in [3.8, 4) is 0 Å². The quantitative estimate of drug-likeness (QED) is 0.258. The second-order valence-electron chi connectivity index (χ2n) is 7.26. The molecule has 7 heteroatoms. The number of fused-ring (bicyclic) bond motifs is 1. The molecule has 0 saturated carbocycles. The van der Waals surface area contributed by atoms with E-state index in [9.17, 15) is 9.59 Å². The highest BCUT2D eigenvalue weighted by Crippen LogP contribution is 2.25. The van der Waals surface area contributed by atoms with E-state index in [0.29, 0.717) is 16.9 Å². The summed E-state index contributed by atoms with van der Waals surface area (Å²) in [6, 6.07) is 20.4. The lowest BCUT2D eigenvalue weighted by Gasteiger charge is -2.08. The second kappa shape index (κ2) is 9.06. The van der Waals surface area contributed by atoms with Gasteiger partial charge in [0.15, 0.2) is 10.9 Å². The summed E-state index contributed by atoms with van der Waals surface area (Å²) in [6.07, 6.45) is 0. The van der Waals surface area contributed by atoms with Crippen LogP contribution in [0.2, 0.25) is 0 Å². The van der Waals surface area contributed by atoms with E-state index in [1.54, 1.807) is 36.0 Å². The molecule has 0 spiro atoms. The average Bonchev–Trinajstić information content (AvgIpc) is 3.15. The van der Waals surface area contributed by atoms with Crippen LogP contribution in [-0.4, -0.2) is 21.8 Å². The zero-order valence-electron chi connectivity index (χ0n) is 17.2. The van der Waals surface area contributed by atoms with Gasteiger partial charge in [-0.25, -0.2) is 9.78 Å². The molecule has 0 aliphatic rings. The number of nitrogens with zero attached hydrogens (tertiary/aromatic N) is 1. The van der Waals surface area contributed by atoms with Crippen LogP contribution in [0.4, 0.5) is 16.2 Å². The van der Waals surface area contributed by atoms with Gasteiger partial charge in [-0.3, -0.25) is 4.79 Å². The number of ketones is 1. The Morgan fingerprint density at radius 2 is 1.71 bits per heavy atom. The van der Waals surface area contributed by atoms with E-state index in [4.69, 9.17) is 0 Å². The van der Waals surface area contributed by atoms with E-state index in [-0.39, 0.29) is 11.8 Å². The fourth-order valence-electron chi connectivity index (χ4n) is 3.08. The zero-order valence-corrected chi connectivity index (χ0v) is 18.0. The number of rotatable bonds is 6. The van der Waals surface area contributed by atoms with E-state index in [1.165, 1.54) is 18.1 Å². The van der Waals surface area contributed by atoms with Gasteiger partial charge < -0.3 is 15.6 Å². The summed E-state index contributed by atoms with van der Waals surface area (Å²) < 4.78 is 0. The minimum absolute atomic E-state index is 0.0511. The first-order chi connectivity index (χ1) is 15.0. The number of hydrogen-bond acceptors (Lipinski definition) is 4. The molecule has 3 N–H and O–H groups in total. The predicted molar refractivity (Wildman–Crippen MR) is 126 cm³/mol. The van der Waals surface area contributed by atoms with Gasteiger partial charge in [0, 0.05) is 22.7 Å². The number of thioether (sulfide) groups is 1. The van der Waals surface area contributed by atoms with Crippen LogP contribution in [0.1, 0.15) is 28.4 Å². The third kappa shape index (κ3) is 5.32. The molecule has 3 aromatic carbocycles. The molecule has 31 heavy (non-hydrogen) atoms. The molecular formula is C24H22N4O2S. The minimum atomic E-state index is -0.381. The molecule has 0 atom stereocenters. The molecule has 4 aromatic rings. The lowest BCUT2D eigenvalue weighted by atomic mass is 10.1. The molecule has 0 aliphatic carbocycles.